The molecule has 10 nitrogen and oxygen atoms in total. The van der Waals surface area contributed by atoms with Gasteiger partial charge in [-0.1, -0.05) is 42.5 Å². The van der Waals surface area contributed by atoms with Gasteiger partial charge in [0, 0.05) is 18.6 Å². The third-order valence-corrected chi connectivity index (χ3v) is 5.50. The van der Waals surface area contributed by atoms with Crippen molar-refractivity contribution in [1.82, 2.24) is 16.0 Å². The summed E-state index contributed by atoms with van der Waals surface area (Å²) in [6.07, 6.45) is 0.156. The van der Waals surface area contributed by atoms with Gasteiger partial charge in [-0.15, -0.1) is 0 Å². The van der Waals surface area contributed by atoms with Gasteiger partial charge in [0.25, 0.3) is 0 Å². The quantitative estimate of drug-likeness (QED) is 0.200. The van der Waals surface area contributed by atoms with Gasteiger partial charge in [-0.25, -0.2) is 4.79 Å². The van der Waals surface area contributed by atoms with Crippen LogP contribution in [0.15, 0.2) is 54.6 Å². The van der Waals surface area contributed by atoms with Crippen molar-refractivity contribution in [3.63, 3.8) is 0 Å². The Morgan fingerprint density at radius 2 is 1.26 bits per heavy atom. The molecule has 0 aliphatic carbocycles. The first-order chi connectivity index (χ1) is 16.6. The molecule has 0 saturated heterocycles. The minimum absolute atomic E-state index is 0.0473. The number of aliphatic carboxylic acids is 1. The molecule has 3 amide bonds. The summed E-state index contributed by atoms with van der Waals surface area (Å²) in [5.41, 5.74) is 7.03. The summed E-state index contributed by atoms with van der Waals surface area (Å²) in [7, 11) is 0. The average molecular weight is 503 g/mol. The lowest BCUT2D eigenvalue weighted by molar-refractivity contribution is -0.141. The Balaban J connectivity index is 2.27. The number of carboxylic acids is 1. The summed E-state index contributed by atoms with van der Waals surface area (Å²) in [5.74, 6) is -3.26. The maximum absolute atomic E-state index is 13.2. The van der Waals surface area contributed by atoms with Crippen molar-refractivity contribution in [2.75, 3.05) is 5.75 Å². The van der Waals surface area contributed by atoms with Crippen LogP contribution in [0.1, 0.15) is 18.1 Å². The molecular formula is C24H30N4O6S. The van der Waals surface area contributed by atoms with Gasteiger partial charge in [-0.3, -0.25) is 14.4 Å². The van der Waals surface area contributed by atoms with Gasteiger partial charge in [0.15, 0.2) is 0 Å². The number of rotatable bonds is 12. The minimum atomic E-state index is -1.26. The van der Waals surface area contributed by atoms with E-state index in [1.165, 1.54) is 19.1 Å². The molecule has 0 spiro atoms. The number of nitrogens with two attached hydrogens (primary N) is 1. The highest BCUT2D eigenvalue weighted by atomic mass is 32.1. The van der Waals surface area contributed by atoms with Gasteiger partial charge in [-0.2, -0.15) is 12.6 Å². The number of phenols is 1. The van der Waals surface area contributed by atoms with Crippen molar-refractivity contribution >= 4 is 36.3 Å². The molecule has 7 N–H and O–H groups in total. The molecule has 0 fully saturated rings. The Kier molecular flexibility index (Phi) is 10.6. The van der Waals surface area contributed by atoms with Gasteiger partial charge in [-0.05, 0) is 30.2 Å². The molecule has 2 aromatic rings. The molecular weight excluding hydrogens is 472 g/mol. The van der Waals surface area contributed by atoms with Crippen LogP contribution in [-0.4, -0.2) is 63.8 Å². The highest BCUT2D eigenvalue weighted by Gasteiger charge is 2.30. The smallest absolute Gasteiger partial charge is 0.327 e. The number of phenolic OH excluding ortho intramolecular Hbond substituents is 1. The van der Waals surface area contributed by atoms with E-state index in [1.807, 2.05) is 0 Å². The van der Waals surface area contributed by atoms with Crippen molar-refractivity contribution in [1.29, 1.82) is 0 Å². The molecule has 188 valence electrons. The van der Waals surface area contributed by atoms with Gasteiger partial charge in [0.05, 0.1) is 6.04 Å². The van der Waals surface area contributed by atoms with Gasteiger partial charge < -0.3 is 31.9 Å². The largest absolute Gasteiger partial charge is 0.508 e. The van der Waals surface area contributed by atoms with E-state index < -0.39 is 47.9 Å². The van der Waals surface area contributed by atoms with Crippen LogP contribution in [-0.2, 0) is 32.0 Å². The van der Waals surface area contributed by atoms with Crippen LogP contribution in [0.4, 0.5) is 0 Å². The zero-order chi connectivity index (χ0) is 26.0. The van der Waals surface area contributed by atoms with Crippen molar-refractivity contribution in [3.05, 3.63) is 65.7 Å². The Morgan fingerprint density at radius 1 is 0.800 bits per heavy atom. The first-order valence-corrected chi connectivity index (χ1v) is 11.6. The predicted octanol–water partition coefficient (Wildman–Crippen LogP) is -0.00660. The van der Waals surface area contributed by atoms with Crippen LogP contribution in [0, 0.1) is 0 Å². The summed E-state index contributed by atoms with van der Waals surface area (Å²) in [4.78, 5) is 49.8. The molecule has 2 rings (SSSR count). The average Bonchev–Trinajstić information content (AvgIpc) is 2.83. The summed E-state index contributed by atoms with van der Waals surface area (Å²) in [5, 5.41) is 26.4. The number of thiol groups is 1. The lowest BCUT2D eigenvalue weighted by atomic mass is 10.0. The second-order valence-electron chi connectivity index (χ2n) is 8.05. The Bertz CT molecular complexity index is 1020. The maximum atomic E-state index is 13.2. The molecule has 35 heavy (non-hydrogen) atoms. The normalized spacial score (nSPS) is 14.1. The molecule has 0 aliphatic rings. The Hall–Kier alpha value is -3.57. The van der Waals surface area contributed by atoms with Crippen LogP contribution in [0.2, 0.25) is 0 Å². The molecule has 0 aromatic heterocycles. The molecule has 0 radical (unpaired) electrons. The number of benzene rings is 2. The SMILES string of the molecule is CC(N)C(=O)NC(Cc1ccc(O)cc1)C(=O)NC(Cc1ccccc1)C(=O)NC(CS)C(=O)O. The predicted molar refractivity (Wildman–Crippen MR) is 133 cm³/mol. The van der Waals surface area contributed by atoms with E-state index in [-0.39, 0.29) is 24.3 Å². The van der Waals surface area contributed by atoms with Gasteiger partial charge in [0.1, 0.15) is 23.9 Å². The van der Waals surface area contributed by atoms with Crippen LogP contribution >= 0.6 is 12.6 Å². The third-order valence-electron chi connectivity index (χ3n) is 5.14. The van der Waals surface area contributed by atoms with E-state index in [4.69, 9.17) is 5.73 Å². The van der Waals surface area contributed by atoms with Crippen molar-refractivity contribution in [3.8, 4) is 5.75 Å². The van der Waals surface area contributed by atoms with Crippen LogP contribution in [0.3, 0.4) is 0 Å². The highest BCUT2D eigenvalue weighted by molar-refractivity contribution is 7.80. The number of carboxylic acid groups (broad SMARTS) is 1. The van der Waals surface area contributed by atoms with E-state index in [9.17, 15) is 29.4 Å². The van der Waals surface area contributed by atoms with E-state index in [0.717, 1.165) is 5.56 Å². The van der Waals surface area contributed by atoms with E-state index in [2.05, 4.69) is 28.6 Å². The van der Waals surface area contributed by atoms with Gasteiger partial charge >= 0.3 is 5.97 Å². The number of aromatic hydroxyl groups is 1. The van der Waals surface area contributed by atoms with Crippen LogP contribution in [0.5, 0.6) is 5.75 Å². The zero-order valence-electron chi connectivity index (χ0n) is 19.2. The lowest BCUT2D eigenvalue weighted by Crippen LogP contribution is -2.58. The number of amides is 3. The van der Waals surface area contributed by atoms with Gasteiger partial charge in [0.2, 0.25) is 17.7 Å². The highest BCUT2D eigenvalue weighted by Crippen LogP contribution is 2.12. The number of nitrogens with one attached hydrogen (secondary N) is 3. The number of carbonyl (C=O) groups excluding carboxylic acids is 3. The molecule has 2 aromatic carbocycles. The van der Waals surface area contributed by atoms with E-state index in [1.54, 1.807) is 42.5 Å². The summed E-state index contributed by atoms with van der Waals surface area (Å²) >= 11 is 3.96. The fraction of sp³-hybridized carbons (Fsp3) is 0.333. The van der Waals surface area contributed by atoms with E-state index in [0.29, 0.717) is 5.56 Å². The first-order valence-electron chi connectivity index (χ1n) is 10.9. The monoisotopic (exact) mass is 502 g/mol. The number of hydrogen-bond donors (Lipinski definition) is 7. The lowest BCUT2D eigenvalue weighted by Gasteiger charge is -2.25. The van der Waals surface area contributed by atoms with E-state index >= 15 is 0 Å². The molecule has 0 bridgehead atoms. The second-order valence-corrected chi connectivity index (χ2v) is 8.42. The van der Waals surface area contributed by atoms with Crippen LogP contribution in [0.25, 0.3) is 0 Å². The van der Waals surface area contributed by atoms with Crippen LogP contribution < -0.4 is 21.7 Å². The molecule has 4 atom stereocenters. The van der Waals surface area contributed by atoms with Crippen molar-refractivity contribution in [2.45, 2.75) is 43.9 Å². The summed E-state index contributed by atoms with van der Waals surface area (Å²) < 4.78 is 0. The fourth-order valence-electron chi connectivity index (χ4n) is 3.17. The zero-order valence-corrected chi connectivity index (χ0v) is 20.1. The fourth-order valence-corrected chi connectivity index (χ4v) is 3.42. The second kappa shape index (κ2) is 13.4. The van der Waals surface area contributed by atoms with Crippen molar-refractivity contribution < 1.29 is 29.4 Å². The Morgan fingerprint density at radius 3 is 1.71 bits per heavy atom. The summed E-state index contributed by atoms with van der Waals surface area (Å²) in [6.45, 7) is 1.47. The summed E-state index contributed by atoms with van der Waals surface area (Å²) in [6, 6.07) is 10.7. The van der Waals surface area contributed by atoms with Crippen molar-refractivity contribution in [2.24, 2.45) is 5.73 Å². The third kappa shape index (κ3) is 8.95. The molecule has 11 heteroatoms. The Labute approximate surface area is 208 Å². The number of hydrogen-bond acceptors (Lipinski definition) is 7. The standard InChI is InChI=1S/C24H30N4O6S/c1-14(25)21(30)26-18(12-16-7-9-17(29)10-8-16)22(31)27-19(11-15-5-3-2-4-6-15)23(32)28-20(13-35)24(33)34/h2-10,14,18-20,29,35H,11-13,25H2,1H3,(H,26,30)(H,27,31)(H,28,32)(H,33,34). The maximum Gasteiger partial charge on any atom is 0.327 e. The molecule has 0 saturated carbocycles. The molecule has 0 aliphatic heterocycles. The minimum Gasteiger partial charge on any atom is -0.508 e. The molecule has 4 unspecified atom stereocenters. The molecule has 0 heterocycles. The number of carbonyl (C=O) groups is 4. The topological polar surface area (TPSA) is 171 Å². The first kappa shape index (κ1) is 27.7.